The van der Waals surface area contributed by atoms with Crippen LogP contribution in [0.25, 0.3) is 10.8 Å². The number of nitrogens with one attached hydrogen (secondary N) is 1. The van der Waals surface area contributed by atoms with Crippen LogP contribution in [0.2, 0.25) is 0 Å². The predicted octanol–water partition coefficient (Wildman–Crippen LogP) is 4.75. The first-order valence-corrected chi connectivity index (χ1v) is 7.04. The van der Waals surface area contributed by atoms with E-state index in [1.165, 1.54) is 5.56 Å². The van der Waals surface area contributed by atoms with Gasteiger partial charge in [-0.15, -0.1) is 0 Å². The molecule has 3 nitrogen and oxygen atoms in total. The largest absolute Gasteiger partial charge is 0.508 e. The summed E-state index contributed by atoms with van der Waals surface area (Å²) in [4.78, 5) is 4.41. The van der Waals surface area contributed by atoms with Crippen molar-refractivity contribution >= 4 is 38.2 Å². The summed E-state index contributed by atoms with van der Waals surface area (Å²) in [7, 11) is 0. The summed E-state index contributed by atoms with van der Waals surface area (Å²) in [5.74, 6) is 0.995. The number of aromatic nitrogens is 1. The number of phenols is 1. The van der Waals surface area contributed by atoms with Gasteiger partial charge in [0.15, 0.2) is 0 Å². The molecule has 0 fully saturated rings. The van der Waals surface area contributed by atoms with Crippen LogP contribution in [0.15, 0.2) is 53.1 Å². The van der Waals surface area contributed by atoms with Crippen molar-refractivity contribution in [2.24, 2.45) is 0 Å². The second-order valence-electron chi connectivity index (χ2n) is 4.62. The van der Waals surface area contributed by atoms with E-state index in [9.17, 15) is 5.11 Å². The fourth-order valence-corrected chi connectivity index (χ4v) is 2.75. The van der Waals surface area contributed by atoms with Gasteiger partial charge in [0.2, 0.25) is 0 Å². The molecule has 0 aliphatic rings. The standard InChI is InChI=1S/C16H13BrN2O/c1-10-5-6-14(17)15-13(10)7-8-18-16(15)19-11-3-2-4-12(20)9-11/h2-9,20H,1H3,(H,18,19). The van der Waals surface area contributed by atoms with Crippen LogP contribution in [0.4, 0.5) is 11.5 Å². The molecule has 4 heteroatoms. The van der Waals surface area contributed by atoms with Gasteiger partial charge in [0, 0.05) is 27.8 Å². The number of aryl methyl sites for hydroxylation is 1. The van der Waals surface area contributed by atoms with Gasteiger partial charge >= 0.3 is 0 Å². The van der Waals surface area contributed by atoms with Crippen molar-refractivity contribution in [3.05, 3.63) is 58.7 Å². The van der Waals surface area contributed by atoms with E-state index in [1.54, 1.807) is 24.4 Å². The molecule has 0 radical (unpaired) electrons. The SMILES string of the molecule is Cc1ccc(Br)c2c(Nc3cccc(O)c3)nccc12. The van der Waals surface area contributed by atoms with E-state index in [2.05, 4.69) is 39.2 Å². The van der Waals surface area contributed by atoms with Gasteiger partial charge in [-0.1, -0.05) is 28.1 Å². The summed E-state index contributed by atoms with van der Waals surface area (Å²) in [5, 5.41) is 15.0. The third-order valence-electron chi connectivity index (χ3n) is 3.20. The molecule has 1 aromatic heterocycles. The number of fused-ring (bicyclic) bond motifs is 1. The number of aromatic hydroxyl groups is 1. The average Bonchev–Trinajstić information content (AvgIpc) is 2.43. The number of hydrogen-bond donors (Lipinski definition) is 2. The Morgan fingerprint density at radius 2 is 2.00 bits per heavy atom. The van der Waals surface area contributed by atoms with E-state index in [0.29, 0.717) is 0 Å². The molecule has 0 aliphatic heterocycles. The van der Waals surface area contributed by atoms with Crippen molar-refractivity contribution in [2.45, 2.75) is 6.92 Å². The van der Waals surface area contributed by atoms with Crippen molar-refractivity contribution < 1.29 is 5.11 Å². The van der Waals surface area contributed by atoms with Crippen LogP contribution in [0.5, 0.6) is 5.75 Å². The van der Waals surface area contributed by atoms with Crippen molar-refractivity contribution in [2.75, 3.05) is 5.32 Å². The molecule has 1 heterocycles. The van der Waals surface area contributed by atoms with Crippen LogP contribution < -0.4 is 5.32 Å². The molecular weight excluding hydrogens is 316 g/mol. The lowest BCUT2D eigenvalue weighted by molar-refractivity contribution is 0.475. The number of halogens is 1. The van der Waals surface area contributed by atoms with Crippen LogP contribution in [-0.4, -0.2) is 10.1 Å². The fourth-order valence-electron chi connectivity index (χ4n) is 2.22. The van der Waals surface area contributed by atoms with E-state index in [4.69, 9.17) is 0 Å². The lowest BCUT2D eigenvalue weighted by atomic mass is 10.1. The topological polar surface area (TPSA) is 45.1 Å². The Kier molecular flexibility index (Phi) is 3.32. The molecule has 0 bridgehead atoms. The molecule has 0 saturated carbocycles. The molecule has 0 atom stereocenters. The van der Waals surface area contributed by atoms with Crippen molar-refractivity contribution in [3.8, 4) is 5.75 Å². The number of pyridine rings is 1. The summed E-state index contributed by atoms with van der Waals surface area (Å²) in [6.45, 7) is 2.08. The Hall–Kier alpha value is -2.07. The Bertz CT molecular complexity index is 787. The summed E-state index contributed by atoms with van der Waals surface area (Å²) in [5.41, 5.74) is 2.00. The van der Waals surface area contributed by atoms with Crippen LogP contribution in [0.1, 0.15) is 5.56 Å². The molecule has 3 aromatic rings. The molecule has 0 amide bonds. The van der Waals surface area contributed by atoms with Crippen LogP contribution in [-0.2, 0) is 0 Å². The molecule has 0 spiro atoms. The highest BCUT2D eigenvalue weighted by molar-refractivity contribution is 9.10. The molecule has 20 heavy (non-hydrogen) atoms. The van der Waals surface area contributed by atoms with Gasteiger partial charge in [-0.2, -0.15) is 0 Å². The summed E-state index contributed by atoms with van der Waals surface area (Å²) in [6.07, 6.45) is 1.78. The maximum absolute atomic E-state index is 9.53. The summed E-state index contributed by atoms with van der Waals surface area (Å²) < 4.78 is 0.994. The Balaban J connectivity index is 2.15. The minimum atomic E-state index is 0.227. The number of anilines is 2. The van der Waals surface area contributed by atoms with E-state index in [0.717, 1.165) is 26.8 Å². The first-order valence-electron chi connectivity index (χ1n) is 6.25. The Labute approximate surface area is 125 Å². The average molecular weight is 329 g/mol. The minimum Gasteiger partial charge on any atom is -0.508 e. The highest BCUT2D eigenvalue weighted by Gasteiger charge is 2.08. The lowest BCUT2D eigenvalue weighted by Gasteiger charge is -2.11. The van der Waals surface area contributed by atoms with Crippen LogP contribution in [0, 0.1) is 6.92 Å². The van der Waals surface area contributed by atoms with E-state index in [-0.39, 0.29) is 5.75 Å². The Morgan fingerprint density at radius 3 is 2.80 bits per heavy atom. The smallest absolute Gasteiger partial charge is 0.139 e. The molecule has 3 rings (SSSR count). The first kappa shape index (κ1) is 12.9. The van der Waals surface area contributed by atoms with Gasteiger partial charge in [-0.25, -0.2) is 4.98 Å². The summed E-state index contributed by atoms with van der Waals surface area (Å²) >= 11 is 3.58. The van der Waals surface area contributed by atoms with Crippen molar-refractivity contribution in [3.63, 3.8) is 0 Å². The third-order valence-corrected chi connectivity index (χ3v) is 3.86. The van der Waals surface area contributed by atoms with Gasteiger partial charge in [0.25, 0.3) is 0 Å². The van der Waals surface area contributed by atoms with Crippen LogP contribution >= 0.6 is 15.9 Å². The second kappa shape index (κ2) is 5.13. The second-order valence-corrected chi connectivity index (χ2v) is 5.48. The molecule has 0 aliphatic carbocycles. The highest BCUT2D eigenvalue weighted by atomic mass is 79.9. The molecular formula is C16H13BrN2O. The van der Waals surface area contributed by atoms with Gasteiger partial charge in [-0.05, 0) is 42.1 Å². The quantitative estimate of drug-likeness (QED) is 0.713. The first-order chi connectivity index (χ1) is 9.65. The minimum absolute atomic E-state index is 0.227. The van der Waals surface area contributed by atoms with Crippen molar-refractivity contribution in [1.29, 1.82) is 0 Å². The number of phenolic OH excluding ortho intramolecular Hbond substituents is 1. The van der Waals surface area contributed by atoms with E-state index >= 15 is 0 Å². The highest BCUT2D eigenvalue weighted by Crippen LogP contribution is 2.33. The third kappa shape index (κ3) is 2.34. The number of rotatable bonds is 2. The van der Waals surface area contributed by atoms with Gasteiger partial charge < -0.3 is 10.4 Å². The molecule has 0 saturated heterocycles. The van der Waals surface area contributed by atoms with Gasteiger partial charge in [-0.3, -0.25) is 0 Å². The number of hydrogen-bond acceptors (Lipinski definition) is 3. The molecule has 2 aromatic carbocycles. The van der Waals surface area contributed by atoms with E-state index in [1.807, 2.05) is 18.2 Å². The Morgan fingerprint density at radius 1 is 1.15 bits per heavy atom. The lowest BCUT2D eigenvalue weighted by Crippen LogP contribution is -1.95. The zero-order chi connectivity index (χ0) is 14.1. The summed E-state index contributed by atoms with van der Waals surface area (Å²) in [6, 6.07) is 13.1. The zero-order valence-corrected chi connectivity index (χ0v) is 12.5. The van der Waals surface area contributed by atoms with Gasteiger partial charge in [0.05, 0.1) is 0 Å². The predicted molar refractivity (Wildman–Crippen MR) is 85.6 cm³/mol. The fraction of sp³-hybridized carbons (Fsp3) is 0.0625. The zero-order valence-electron chi connectivity index (χ0n) is 10.9. The molecule has 0 unspecified atom stereocenters. The maximum Gasteiger partial charge on any atom is 0.139 e. The maximum atomic E-state index is 9.53. The molecule has 2 N–H and O–H groups in total. The number of benzene rings is 2. The van der Waals surface area contributed by atoms with Crippen molar-refractivity contribution in [1.82, 2.24) is 4.98 Å². The number of nitrogens with zero attached hydrogens (tertiary/aromatic N) is 1. The van der Waals surface area contributed by atoms with E-state index < -0.39 is 0 Å². The molecule has 100 valence electrons. The monoisotopic (exact) mass is 328 g/mol. The van der Waals surface area contributed by atoms with Crippen LogP contribution in [0.3, 0.4) is 0 Å². The van der Waals surface area contributed by atoms with Gasteiger partial charge in [0.1, 0.15) is 11.6 Å². The normalized spacial score (nSPS) is 10.7.